The molecule has 0 radical (unpaired) electrons. The van der Waals surface area contributed by atoms with Gasteiger partial charge in [-0.05, 0) is 84.9 Å². The first-order valence-corrected chi connectivity index (χ1v) is 16.8. The average molecular weight is 630 g/mol. The van der Waals surface area contributed by atoms with Crippen LogP contribution in [0.2, 0.25) is 0 Å². The zero-order chi connectivity index (χ0) is 32.3. The number of furan rings is 1. The molecule has 2 N–H and O–H groups in total. The van der Waals surface area contributed by atoms with Gasteiger partial charge < -0.3 is 9.73 Å². The molecule has 4 heteroatoms. The minimum absolute atomic E-state index is 0.185. The third kappa shape index (κ3) is 4.76. The van der Waals surface area contributed by atoms with E-state index in [2.05, 4.69) is 162 Å². The lowest BCUT2D eigenvalue weighted by atomic mass is 9.92. The number of fused-ring (bicyclic) bond motifs is 6. The molecular formula is C45H31N3O. The van der Waals surface area contributed by atoms with Gasteiger partial charge in [0.15, 0.2) is 0 Å². The van der Waals surface area contributed by atoms with E-state index in [-0.39, 0.29) is 12.3 Å². The molecule has 4 nitrogen and oxygen atoms in total. The first kappa shape index (κ1) is 27.8. The Labute approximate surface area is 283 Å². The zero-order valence-electron chi connectivity index (χ0n) is 26.6. The summed E-state index contributed by atoms with van der Waals surface area (Å²) in [4.78, 5) is 5.29. The lowest BCUT2D eigenvalue weighted by Crippen LogP contribution is -2.45. The third-order valence-electron chi connectivity index (χ3n) is 9.93. The van der Waals surface area contributed by atoms with Crippen LogP contribution in [-0.4, -0.2) is 5.84 Å². The molecule has 2 unspecified atom stereocenters. The normalized spacial score (nSPS) is 16.4. The molecule has 232 valence electrons. The van der Waals surface area contributed by atoms with Gasteiger partial charge in [-0.1, -0.05) is 133 Å². The van der Waals surface area contributed by atoms with Crippen molar-refractivity contribution in [1.29, 1.82) is 0 Å². The lowest BCUT2D eigenvalue weighted by molar-refractivity contribution is 0.411. The molecule has 0 aliphatic carbocycles. The van der Waals surface area contributed by atoms with Gasteiger partial charge in [0.1, 0.15) is 29.3 Å². The molecule has 0 spiro atoms. The van der Waals surface area contributed by atoms with Crippen molar-refractivity contribution in [1.82, 2.24) is 10.6 Å². The smallest absolute Gasteiger partial charge is 0.135 e. The number of para-hydroxylation sites is 1. The lowest BCUT2D eigenvalue weighted by Gasteiger charge is -2.33. The maximum Gasteiger partial charge on any atom is 0.135 e. The van der Waals surface area contributed by atoms with Gasteiger partial charge in [-0.15, -0.1) is 0 Å². The van der Waals surface area contributed by atoms with Crippen molar-refractivity contribution < 1.29 is 4.42 Å². The summed E-state index contributed by atoms with van der Waals surface area (Å²) in [6, 6.07) is 58.2. The third-order valence-corrected chi connectivity index (χ3v) is 9.93. The molecule has 0 saturated heterocycles. The number of benzene rings is 8. The van der Waals surface area contributed by atoms with E-state index in [1.54, 1.807) is 0 Å². The topological polar surface area (TPSA) is 49.6 Å². The fourth-order valence-electron chi connectivity index (χ4n) is 7.47. The van der Waals surface area contributed by atoms with E-state index in [9.17, 15) is 0 Å². The van der Waals surface area contributed by atoms with Crippen LogP contribution in [0.3, 0.4) is 0 Å². The second kappa shape index (κ2) is 11.2. The fourth-order valence-corrected chi connectivity index (χ4v) is 7.47. The molecule has 0 saturated carbocycles. The fraction of sp³-hybridized carbons (Fsp3) is 0.0444. The van der Waals surface area contributed by atoms with Crippen LogP contribution >= 0.6 is 0 Å². The van der Waals surface area contributed by atoms with Crippen molar-refractivity contribution in [3.63, 3.8) is 0 Å². The summed E-state index contributed by atoms with van der Waals surface area (Å²) in [5.74, 6) is 0.873. The maximum atomic E-state index is 6.14. The molecule has 0 bridgehead atoms. The summed E-state index contributed by atoms with van der Waals surface area (Å²) in [5.41, 5.74) is 7.54. The molecule has 2 heterocycles. The predicted octanol–water partition coefficient (Wildman–Crippen LogP) is 11.0. The molecular weight excluding hydrogens is 599 g/mol. The molecule has 1 aliphatic rings. The summed E-state index contributed by atoms with van der Waals surface area (Å²) in [6.45, 7) is 0. The number of aliphatic imine (C=N–C) groups is 1. The maximum absolute atomic E-state index is 6.14. The first-order chi connectivity index (χ1) is 24.2. The Morgan fingerprint density at radius 1 is 0.469 bits per heavy atom. The first-order valence-electron chi connectivity index (χ1n) is 16.8. The van der Waals surface area contributed by atoms with Crippen LogP contribution in [0, 0.1) is 0 Å². The SMILES string of the molecule is c1ccc2cc(C3=NC(c4ccc5ccccc5c4)NC(c4ccc(-c5ccc6oc7ccccc7c6c5)c5ccccc45)N3)ccc2c1. The van der Waals surface area contributed by atoms with Gasteiger partial charge in [-0.3, -0.25) is 5.32 Å². The molecule has 10 rings (SSSR count). The van der Waals surface area contributed by atoms with Gasteiger partial charge in [-0.25, -0.2) is 4.99 Å². The Morgan fingerprint density at radius 3 is 1.96 bits per heavy atom. The van der Waals surface area contributed by atoms with Crippen LogP contribution in [0.4, 0.5) is 0 Å². The van der Waals surface area contributed by atoms with E-state index in [0.29, 0.717) is 0 Å². The van der Waals surface area contributed by atoms with Crippen molar-refractivity contribution in [3.05, 3.63) is 180 Å². The second-order valence-corrected chi connectivity index (χ2v) is 12.8. The molecule has 8 aromatic carbocycles. The largest absolute Gasteiger partial charge is 0.456 e. The van der Waals surface area contributed by atoms with E-state index >= 15 is 0 Å². The highest BCUT2D eigenvalue weighted by Gasteiger charge is 2.27. The number of nitrogens with zero attached hydrogens (tertiary/aromatic N) is 1. The number of hydrogen-bond donors (Lipinski definition) is 2. The van der Waals surface area contributed by atoms with Crippen molar-refractivity contribution in [2.75, 3.05) is 0 Å². The van der Waals surface area contributed by atoms with Crippen LogP contribution in [0.5, 0.6) is 0 Å². The van der Waals surface area contributed by atoms with Crippen LogP contribution in [0.15, 0.2) is 173 Å². The summed E-state index contributed by atoms with van der Waals surface area (Å²) >= 11 is 0. The Hall–Kier alpha value is -6.23. The summed E-state index contributed by atoms with van der Waals surface area (Å²) in [7, 11) is 0. The van der Waals surface area contributed by atoms with Gasteiger partial charge in [0.25, 0.3) is 0 Å². The van der Waals surface area contributed by atoms with Crippen LogP contribution < -0.4 is 10.6 Å². The van der Waals surface area contributed by atoms with E-state index < -0.39 is 0 Å². The van der Waals surface area contributed by atoms with Gasteiger partial charge in [0.2, 0.25) is 0 Å². The number of rotatable bonds is 4. The summed E-state index contributed by atoms with van der Waals surface area (Å²) < 4.78 is 6.14. The van der Waals surface area contributed by atoms with Crippen LogP contribution in [0.1, 0.15) is 29.0 Å². The monoisotopic (exact) mass is 629 g/mol. The van der Waals surface area contributed by atoms with Crippen molar-refractivity contribution in [2.24, 2.45) is 4.99 Å². The standard InChI is InChI=1S/C45H31N3O/c1-3-11-30-25-33(19-17-28(30)9-1)43-46-44(34-20-18-29-10-2-4-12-31(29)26-34)48-45(47-43)39-23-22-35(36-13-5-6-14-37(36)39)32-21-24-42-40(27-32)38-15-7-8-16-41(38)49-42/h1-27,43,45,47H,(H,46,48). The zero-order valence-corrected chi connectivity index (χ0v) is 26.6. The van der Waals surface area contributed by atoms with E-state index in [1.165, 1.54) is 49.0 Å². The average Bonchev–Trinajstić information content (AvgIpc) is 3.55. The summed E-state index contributed by atoms with van der Waals surface area (Å²) in [5, 5.41) is 17.2. The van der Waals surface area contributed by atoms with Crippen LogP contribution in [0.25, 0.3) is 65.4 Å². The van der Waals surface area contributed by atoms with Gasteiger partial charge >= 0.3 is 0 Å². The molecule has 0 amide bonds. The van der Waals surface area contributed by atoms with E-state index in [1.807, 2.05) is 12.1 Å². The van der Waals surface area contributed by atoms with Gasteiger partial charge in [0, 0.05) is 16.3 Å². The highest BCUT2D eigenvalue weighted by molar-refractivity contribution is 6.08. The highest BCUT2D eigenvalue weighted by atomic mass is 16.3. The van der Waals surface area contributed by atoms with Crippen molar-refractivity contribution in [2.45, 2.75) is 12.3 Å². The van der Waals surface area contributed by atoms with Gasteiger partial charge in [-0.2, -0.15) is 0 Å². The quantitative estimate of drug-likeness (QED) is 0.204. The predicted molar refractivity (Wildman–Crippen MR) is 203 cm³/mol. The molecule has 1 aromatic heterocycles. The highest BCUT2D eigenvalue weighted by Crippen LogP contribution is 2.38. The minimum atomic E-state index is -0.243. The Morgan fingerprint density at radius 2 is 1.12 bits per heavy atom. The molecule has 9 aromatic rings. The van der Waals surface area contributed by atoms with E-state index in [0.717, 1.165) is 38.9 Å². The number of hydrogen-bond acceptors (Lipinski definition) is 4. The number of nitrogens with one attached hydrogen (secondary N) is 2. The van der Waals surface area contributed by atoms with Gasteiger partial charge in [0.05, 0.1) is 0 Å². The summed E-state index contributed by atoms with van der Waals surface area (Å²) in [6.07, 6.45) is -0.428. The Kier molecular flexibility index (Phi) is 6.36. The van der Waals surface area contributed by atoms with E-state index in [4.69, 9.17) is 9.41 Å². The van der Waals surface area contributed by atoms with Crippen molar-refractivity contribution >= 4 is 60.1 Å². The van der Waals surface area contributed by atoms with Crippen LogP contribution in [-0.2, 0) is 0 Å². The molecule has 1 aliphatic heterocycles. The van der Waals surface area contributed by atoms with Crippen molar-refractivity contribution in [3.8, 4) is 11.1 Å². The Balaban J connectivity index is 1.10. The Bertz CT molecular complexity index is 2760. The second-order valence-electron chi connectivity index (χ2n) is 12.8. The minimum Gasteiger partial charge on any atom is -0.456 e. The molecule has 2 atom stereocenters. The molecule has 49 heavy (non-hydrogen) atoms. The number of amidine groups is 1. The molecule has 0 fully saturated rings.